The summed E-state index contributed by atoms with van der Waals surface area (Å²) >= 11 is 0. The van der Waals surface area contributed by atoms with Gasteiger partial charge in [-0.25, -0.2) is 4.98 Å². The van der Waals surface area contributed by atoms with Crippen LogP contribution in [0, 0.1) is 6.92 Å². The Morgan fingerprint density at radius 1 is 1.43 bits per heavy atom. The van der Waals surface area contributed by atoms with Crippen LogP contribution in [0.15, 0.2) is 6.07 Å². The largest absolute Gasteiger partial charge is 0.481 e. The van der Waals surface area contributed by atoms with Crippen molar-refractivity contribution in [1.82, 2.24) is 9.97 Å². The minimum absolute atomic E-state index is 0.138. The maximum atomic E-state index is 5.68. The molecule has 0 aliphatic carbocycles. The first-order chi connectivity index (χ1) is 6.49. The molecule has 0 amide bonds. The Bertz CT molecular complexity index is 323. The predicted molar refractivity (Wildman–Crippen MR) is 55.4 cm³/mol. The lowest BCUT2D eigenvalue weighted by atomic mass is 9.89. The van der Waals surface area contributed by atoms with E-state index in [1.165, 1.54) is 0 Å². The number of hydrogen-bond acceptors (Lipinski definition) is 4. The molecule has 2 N–H and O–H groups in total. The molecule has 4 heteroatoms. The fourth-order valence-corrected chi connectivity index (χ4v) is 1.10. The second-order valence-corrected chi connectivity index (χ2v) is 3.93. The number of hydrogen-bond donors (Lipinski definition) is 1. The van der Waals surface area contributed by atoms with Crippen molar-refractivity contribution in [2.24, 2.45) is 5.73 Å². The van der Waals surface area contributed by atoms with Gasteiger partial charge in [0.15, 0.2) is 0 Å². The molecule has 0 atom stereocenters. The summed E-state index contributed by atoms with van der Waals surface area (Å²) in [5.41, 5.74) is 6.46. The normalized spacial score (nSPS) is 11.5. The first kappa shape index (κ1) is 10.9. The van der Waals surface area contributed by atoms with Gasteiger partial charge in [-0.2, -0.15) is 4.98 Å². The quantitative estimate of drug-likeness (QED) is 0.782. The summed E-state index contributed by atoms with van der Waals surface area (Å²) in [5, 5.41) is 0. The fraction of sp³-hybridized carbons (Fsp3) is 0.600. The molecule has 0 spiro atoms. The molecule has 0 fully saturated rings. The third kappa shape index (κ3) is 2.20. The van der Waals surface area contributed by atoms with Crippen LogP contribution in [0.2, 0.25) is 0 Å². The predicted octanol–water partition coefficient (Wildman–Crippen LogP) is 1.03. The summed E-state index contributed by atoms with van der Waals surface area (Å²) in [4.78, 5) is 8.48. The van der Waals surface area contributed by atoms with E-state index in [9.17, 15) is 0 Å². The van der Waals surface area contributed by atoms with Gasteiger partial charge in [0.1, 0.15) is 5.82 Å². The molecule has 1 rings (SSSR count). The van der Waals surface area contributed by atoms with Crippen LogP contribution in [0.5, 0.6) is 5.88 Å². The van der Waals surface area contributed by atoms with E-state index in [-0.39, 0.29) is 5.41 Å². The number of methoxy groups -OCH3 is 1. The van der Waals surface area contributed by atoms with E-state index < -0.39 is 0 Å². The van der Waals surface area contributed by atoms with E-state index in [2.05, 4.69) is 9.97 Å². The molecular weight excluding hydrogens is 178 g/mol. The molecule has 0 saturated heterocycles. The Labute approximate surface area is 84.5 Å². The lowest BCUT2D eigenvalue weighted by Crippen LogP contribution is -2.29. The van der Waals surface area contributed by atoms with Gasteiger partial charge in [-0.05, 0) is 6.92 Å². The minimum atomic E-state index is -0.138. The molecule has 0 aliphatic rings. The number of nitrogens with zero attached hydrogens (tertiary/aromatic N) is 2. The summed E-state index contributed by atoms with van der Waals surface area (Å²) in [7, 11) is 1.60. The van der Waals surface area contributed by atoms with E-state index in [4.69, 9.17) is 10.5 Å². The van der Waals surface area contributed by atoms with Gasteiger partial charge in [-0.1, -0.05) is 13.8 Å². The molecule has 78 valence electrons. The fourth-order valence-electron chi connectivity index (χ4n) is 1.10. The molecular formula is C10H17N3O. The van der Waals surface area contributed by atoms with E-state index in [0.717, 1.165) is 5.69 Å². The molecule has 0 aromatic carbocycles. The van der Waals surface area contributed by atoms with Gasteiger partial charge in [0, 0.05) is 18.0 Å². The highest BCUT2D eigenvalue weighted by atomic mass is 16.5. The zero-order valence-corrected chi connectivity index (χ0v) is 9.16. The topological polar surface area (TPSA) is 61.0 Å². The SMILES string of the molecule is COc1cc(C(C)(C)CN)nc(C)n1. The summed E-state index contributed by atoms with van der Waals surface area (Å²) < 4.78 is 5.08. The number of aryl methyl sites for hydroxylation is 1. The average molecular weight is 195 g/mol. The average Bonchev–Trinajstić information content (AvgIpc) is 2.16. The molecule has 0 unspecified atom stereocenters. The van der Waals surface area contributed by atoms with Crippen LogP contribution in [0.1, 0.15) is 25.4 Å². The minimum Gasteiger partial charge on any atom is -0.481 e. The monoisotopic (exact) mass is 195 g/mol. The van der Waals surface area contributed by atoms with Crippen LogP contribution in [-0.2, 0) is 5.41 Å². The zero-order valence-electron chi connectivity index (χ0n) is 9.16. The maximum absolute atomic E-state index is 5.68. The van der Waals surface area contributed by atoms with E-state index in [1.54, 1.807) is 7.11 Å². The van der Waals surface area contributed by atoms with E-state index in [0.29, 0.717) is 18.2 Å². The van der Waals surface area contributed by atoms with Crippen LogP contribution in [-0.4, -0.2) is 23.6 Å². The van der Waals surface area contributed by atoms with Gasteiger partial charge in [-0.15, -0.1) is 0 Å². The third-order valence-corrected chi connectivity index (χ3v) is 2.23. The molecule has 0 saturated carbocycles. The van der Waals surface area contributed by atoms with Crippen molar-refractivity contribution in [2.45, 2.75) is 26.2 Å². The molecule has 4 nitrogen and oxygen atoms in total. The Morgan fingerprint density at radius 2 is 2.07 bits per heavy atom. The van der Waals surface area contributed by atoms with Crippen molar-refractivity contribution in [3.63, 3.8) is 0 Å². The lowest BCUT2D eigenvalue weighted by Gasteiger charge is -2.22. The van der Waals surface area contributed by atoms with Gasteiger partial charge in [0.2, 0.25) is 5.88 Å². The van der Waals surface area contributed by atoms with Gasteiger partial charge in [-0.3, -0.25) is 0 Å². The second kappa shape index (κ2) is 3.92. The van der Waals surface area contributed by atoms with Gasteiger partial charge < -0.3 is 10.5 Å². The Morgan fingerprint density at radius 3 is 2.57 bits per heavy atom. The molecule has 0 aliphatic heterocycles. The smallest absolute Gasteiger partial charge is 0.216 e. The number of nitrogens with two attached hydrogens (primary N) is 1. The van der Waals surface area contributed by atoms with Gasteiger partial charge in [0.25, 0.3) is 0 Å². The second-order valence-electron chi connectivity index (χ2n) is 3.93. The molecule has 1 aromatic heterocycles. The third-order valence-electron chi connectivity index (χ3n) is 2.23. The number of rotatable bonds is 3. The molecule has 0 bridgehead atoms. The van der Waals surface area contributed by atoms with Gasteiger partial charge in [0.05, 0.1) is 12.8 Å². The molecule has 0 radical (unpaired) electrons. The maximum Gasteiger partial charge on any atom is 0.216 e. The Balaban J connectivity index is 3.15. The summed E-state index contributed by atoms with van der Waals surface area (Å²) in [6.45, 7) is 6.49. The van der Waals surface area contributed by atoms with Crippen LogP contribution in [0.3, 0.4) is 0 Å². The van der Waals surface area contributed by atoms with Crippen LogP contribution >= 0.6 is 0 Å². The van der Waals surface area contributed by atoms with Crippen LogP contribution < -0.4 is 10.5 Å². The van der Waals surface area contributed by atoms with Crippen LogP contribution in [0.25, 0.3) is 0 Å². The standard InChI is InChI=1S/C10H17N3O/c1-7-12-8(10(2,3)6-11)5-9(13-7)14-4/h5H,6,11H2,1-4H3. The Kier molecular flexibility index (Phi) is 3.06. The highest BCUT2D eigenvalue weighted by molar-refractivity contribution is 5.22. The zero-order chi connectivity index (χ0) is 10.8. The highest BCUT2D eigenvalue weighted by Crippen LogP contribution is 2.22. The van der Waals surface area contributed by atoms with Gasteiger partial charge >= 0.3 is 0 Å². The van der Waals surface area contributed by atoms with Crippen molar-refractivity contribution in [1.29, 1.82) is 0 Å². The van der Waals surface area contributed by atoms with Crippen molar-refractivity contribution in [3.05, 3.63) is 17.6 Å². The van der Waals surface area contributed by atoms with Crippen molar-refractivity contribution in [3.8, 4) is 5.88 Å². The summed E-state index contributed by atoms with van der Waals surface area (Å²) in [6.07, 6.45) is 0. The Hall–Kier alpha value is -1.16. The van der Waals surface area contributed by atoms with E-state index in [1.807, 2.05) is 26.8 Å². The number of ether oxygens (including phenoxy) is 1. The number of aromatic nitrogens is 2. The van der Waals surface area contributed by atoms with Crippen molar-refractivity contribution >= 4 is 0 Å². The van der Waals surface area contributed by atoms with Crippen LogP contribution in [0.4, 0.5) is 0 Å². The van der Waals surface area contributed by atoms with E-state index >= 15 is 0 Å². The molecule has 1 heterocycles. The molecule has 14 heavy (non-hydrogen) atoms. The van der Waals surface area contributed by atoms with Crippen molar-refractivity contribution < 1.29 is 4.74 Å². The molecule has 1 aromatic rings. The first-order valence-corrected chi connectivity index (χ1v) is 4.60. The van der Waals surface area contributed by atoms with Crippen molar-refractivity contribution in [2.75, 3.05) is 13.7 Å². The highest BCUT2D eigenvalue weighted by Gasteiger charge is 2.21. The summed E-state index contributed by atoms with van der Waals surface area (Å²) in [5.74, 6) is 1.30. The lowest BCUT2D eigenvalue weighted by molar-refractivity contribution is 0.391. The summed E-state index contributed by atoms with van der Waals surface area (Å²) in [6, 6.07) is 1.83. The first-order valence-electron chi connectivity index (χ1n) is 4.60.